The zero-order valence-electron chi connectivity index (χ0n) is 10.3. The second-order valence-corrected chi connectivity index (χ2v) is 4.66. The fourth-order valence-corrected chi connectivity index (χ4v) is 2.36. The third kappa shape index (κ3) is 2.38. The Morgan fingerprint density at radius 1 is 1.44 bits per heavy atom. The first-order valence-electron chi connectivity index (χ1n) is 6.32. The van der Waals surface area contributed by atoms with Crippen LogP contribution in [0.5, 0.6) is 0 Å². The van der Waals surface area contributed by atoms with Crippen molar-refractivity contribution in [1.82, 2.24) is 14.3 Å². The summed E-state index contributed by atoms with van der Waals surface area (Å²) in [7, 11) is 0. The Morgan fingerprint density at radius 2 is 2.39 bits per heavy atom. The second kappa shape index (κ2) is 5.06. The van der Waals surface area contributed by atoms with Gasteiger partial charge in [-0.15, -0.1) is 0 Å². The molecule has 5 nitrogen and oxygen atoms in total. The van der Waals surface area contributed by atoms with Gasteiger partial charge in [-0.2, -0.15) is 0 Å². The molecule has 1 aliphatic rings. The summed E-state index contributed by atoms with van der Waals surface area (Å²) in [6.07, 6.45) is 4.27. The van der Waals surface area contributed by atoms with Crippen molar-refractivity contribution >= 4 is 5.65 Å². The summed E-state index contributed by atoms with van der Waals surface area (Å²) in [4.78, 5) is 6.96. The van der Waals surface area contributed by atoms with Crippen LogP contribution < -0.4 is 5.73 Å². The molecule has 3 heterocycles. The number of rotatable bonds is 3. The molecule has 1 saturated heterocycles. The van der Waals surface area contributed by atoms with E-state index in [-0.39, 0.29) is 6.10 Å². The molecule has 0 amide bonds. The third-order valence-corrected chi connectivity index (χ3v) is 3.29. The number of ether oxygens (including phenoxy) is 1. The number of hydrogen-bond donors (Lipinski definition) is 1. The van der Waals surface area contributed by atoms with Crippen molar-refractivity contribution in [2.24, 2.45) is 5.73 Å². The number of morpholine rings is 1. The zero-order chi connectivity index (χ0) is 12.4. The number of pyridine rings is 1. The highest BCUT2D eigenvalue weighted by molar-refractivity contribution is 5.39. The molecule has 0 spiro atoms. The molecule has 1 fully saturated rings. The van der Waals surface area contributed by atoms with Crippen LogP contribution >= 0.6 is 0 Å². The van der Waals surface area contributed by atoms with Crippen LogP contribution in [-0.2, 0) is 11.3 Å². The molecule has 0 aliphatic carbocycles. The normalized spacial score (nSPS) is 21.5. The van der Waals surface area contributed by atoms with E-state index < -0.39 is 0 Å². The minimum Gasteiger partial charge on any atom is -0.374 e. The molecule has 18 heavy (non-hydrogen) atoms. The first-order valence-corrected chi connectivity index (χ1v) is 6.32. The van der Waals surface area contributed by atoms with Crippen LogP contribution in [0.1, 0.15) is 5.69 Å². The van der Waals surface area contributed by atoms with Gasteiger partial charge in [0, 0.05) is 38.6 Å². The third-order valence-electron chi connectivity index (χ3n) is 3.29. The van der Waals surface area contributed by atoms with E-state index in [1.54, 1.807) is 0 Å². The summed E-state index contributed by atoms with van der Waals surface area (Å²) in [6, 6.07) is 6.04. The largest absolute Gasteiger partial charge is 0.374 e. The van der Waals surface area contributed by atoms with Crippen molar-refractivity contribution < 1.29 is 4.74 Å². The number of hydrogen-bond acceptors (Lipinski definition) is 4. The maximum atomic E-state index is 5.65. The lowest BCUT2D eigenvalue weighted by atomic mass is 10.2. The van der Waals surface area contributed by atoms with Crippen LogP contribution in [0.4, 0.5) is 0 Å². The highest BCUT2D eigenvalue weighted by Crippen LogP contribution is 2.10. The van der Waals surface area contributed by atoms with Crippen molar-refractivity contribution in [3.8, 4) is 0 Å². The van der Waals surface area contributed by atoms with Crippen molar-refractivity contribution in [2.45, 2.75) is 12.6 Å². The Bertz CT molecular complexity index is 491. The van der Waals surface area contributed by atoms with Crippen molar-refractivity contribution in [3.63, 3.8) is 0 Å². The van der Waals surface area contributed by atoms with E-state index in [0.717, 1.165) is 37.6 Å². The molecule has 1 unspecified atom stereocenters. The van der Waals surface area contributed by atoms with E-state index in [1.807, 2.05) is 24.4 Å². The van der Waals surface area contributed by atoms with Gasteiger partial charge < -0.3 is 14.9 Å². The highest BCUT2D eigenvalue weighted by atomic mass is 16.5. The lowest BCUT2D eigenvalue weighted by molar-refractivity contribution is -0.0263. The molecule has 0 aromatic carbocycles. The molecule has 1 atom stereocenters. The fourth-order valence-electron chi connectivity index (χ4n) is 2.36. The lowest BCUT2D eigenvalue weighted by Gasteiger charge is -2.31. The van der Waals surface area contributed by atoms with Gasteiger partial charge in [-0.05, 0) is 12.1 Å². The van der Waals surface area contributed by atoms with E-state index in [2.05, 4.69) is 20.5 Å². The van der Waals surface area contributed by atoms with Gasteiger partial charge in [0.25, 0.3) is 0 Å². The van der Waals surface area contributed by atoms with Gasteiger partial charge in [-0.1, -0.05) is 6.07 Å². The van der Waals surface area contributed by atoms with Gasteiger partial charge >= 0.3 is 0 Å². The number of imidazole rings is 1. The van der Waals surface area contributed by atoms with E-state index in [4.69, 9.17) is 10.5 Å². The number of aromatic nitrogens is 2. The Hall–Kier alpha value is -1.43. The van der Waals surface area contributed by atoms with Gasteiger partial charge in [0.05, 0.1) is 18.4 Å². The van der Waals surface area contributed by atoms with Crippen LogP contribution in [0.2, 0.25) is 0 Å². The monoisotopic (exact) mass is 246 g/mol. The topological polar surface area (TPSA) is 55.8 Å². The Morgan fingerprint density at radius 3 is 3.22 bits per heavy atom. The van der Waals surface area contributed by atoms with Crippen LogP contribution in [-0.4, -0.2) is 46.6 Å². The Kier molecular flexibility index (Phi) is 3.27. The first kappa shape index (κ1) is 11.6. The van der Waals surface area contributed by atoms with Gasteiger partial charge in [0.2, 0.25) is 0 Å². The van der Waals surface area contributed by atoms with Crippen LogP contribution in [0.3, 0.4) is 0 Å². The molecule has 5 heteroatoms. The maximum Gasteiger partial charge on any atom is 0.137 e. The summed E-state index contributed by atoms with van der Waals surface area (Å²) in [5.74, 6) is 0. The minimum absolute atomic E-state index is 0.163. The SMILES string of the molecule is NCC1CN(Cc2cn3ccccc3n2)CCO1. The number of fused-ring (bicyclic) bond motifs is 1. The molecule has 2 aromatic rings. The minimum atomic E-state index is 0.163. The van der Waals surface area contributed by atoms with Gasteiger partial charge in [0.15, 0.2) is 0 Å². The number of nitrogens with two attached hydrogens (primary N) is 1. The van der Waals surface area contributed by atoms with Crippen molar-refractivity contribution in [2.75, 3.05) is 26.2 Å². The fraction of sp³-hybridized carbons (Fsp3) is 0.462. The summed E-state index contributed by atoms with van der Waals surface area (Å²) in [6.45, 7) is 4.05. The standard InChI is InChI=1S/C13H18N4O/c14-7-12-10-16(5-6-18-12)8-11-9-17-4-2-1-3-13(17)15-11/h1-4,9,12H,5-8,10,14H2. The summed E-state index contributed by atoms with van der Waals surface area (Å²) in [5.41, 5.74) is 7.74. The van der Waals surface area contributed by atoms with E-state index >= 15 is 0 Å². The average Bonchev–Trinajstić information content (AvgIpc) is 2.81. The predicted molar refractivity (Wildman–Crippen MR) is 69.3 cm³/mol. The van der Waals surface area contributed by atoms with Crippen LogP contribution in [0, 0.1) is 0 Å². The van der Waals surface area contributed by atoms with Gasteiger partial charge in [0.1, 0.15) is 5.65 Å². The molecule has 96 valence electrons. The van der Waals surface area contributed by atoms with E-state index in [9.17, 15) is 0 Å². The molecule has 0 radical (unpaired) electrons. The predicted octanol–water partition coefficient (Wildman–Crippen LogP) is 0.494. The highest BCUT2D eigenvalue weighted by Gasteiger charge is 2.19. The van der Waals surface area contributed by atoms with Crippen LogP contribution in [0.25, 0.3) is 5.65 Å². The molecule has 2 N–H and O–H groups in total. The van der Waals surface area contributed by atoms with Crippen molar-refractivity contribution in [1.29, 1.82) is 0 Å². The molecular formula is C13H18N4O. The Labute approximate surface area is 106 Å². The molecule has 3 rings (SSSR count). The smallest absolute Gasteiger partial charge is 0.137 e. The maximum absolute atomic E-state index is 5.65. The zero-order valence-corrected chi connectivity index (χ0v) is 10.3. The van der Waals surface area contributed by atoms with Gasteiger partial charge in [-0.3, -0.25) is 4.90 Å². The molecule has 0 bridgehead atoms. The summed E-state index contributed by atoms with van der Waals surface area (Å²) < 4.78 is 7.61. The second-order valence-electron chi connectivity index (χ2n) is 4.66. The first-order chi connectivity index (χ1) is 8.85. The molecular weight excluding hydrogens is 228 g/mol. The molecule has 1 aliphatic heterocycles. The summed E-state index contributed by atoms with van der Waals surface area (Å²) in [5, 5.41) is 0. The van der Waals surface area contributed by atoms with Gasteiger partial charge in [-0.25, -0.2) is 4.98 Å². The average molecular weight is 246 g/mol. The Balaban J connectivity index is 1.71. The molecule has 2 aromatic heterocycles. The van der Waals surface area contributed by atoms with Crippen LogP contribution in [0.15, 0.2) is 30.6 Å². The summed E-state index contributed by atoms with van der Waals surface area (Å²) >= 11 is 0. The van der Waals surface area contributed by atoms with E-state index in [0.29, 0.717) is 6.54 Å². The quantitative estimate of drug-likeness (QED) is 0.856. The van der Waals surface area contributed by atoms with Crippen molar-refractivity contribution in [3.05, 3.63) is 36.3 Å². The number of nitrogens with zero attached hydrogens (tertiary/aromatic N) is 3. The lowest BCUT2D eigenvalue weighted by Crippen LogP contribution is -2.45. The van der Waals surface area contributed by atoms with E-state index in [1.165, 1.54) is 0 Å². The molecule has 0 saturated carbocycles.